The fraction of sp³-hybridized carbons (Fsp3) is 0.706. The van der Waals surface area contributed by atoms with E-state index in [2.05, 4.69) is 62.5 Å². The van der Waals surface area contributed by atoms with Crippen molar-refractivity contribution in [3.63, 3.8) is 0 Å². The van der Waals surface area contributed by atoms with E-state index in [1.54, 1.807) is 13.3 Å². The Hall–Kier alpha value is -1.13. The number of aromatic nitrogens is 1. The zero-order chi connectivity index (χ0) is 16.0. The predicted octanol–water partition coefficient (Wildman–Crippen LogP) is 3.20. The summed E-state index contributed by atoms with van der Waals surface area (Å²) in [5, 5.41) is 0. The largest absolute Gasteiger partial charge is 0.481 e. The Kier molecular flexibility index (Phi) is 6.62. The van der Waals surface area contributed by atoms with Gasteiger partial charge in [0.15, 0.2) is 0 Å². The van der Waals surface area contributed by atoms with Gasteiger partial charge in [0.1, 0.15) is 0 Å². The maximum Gasteiger partial charge on any atom is 0.217 e. The van der Waals surface area contributed by atoms with Crippen molar-refractivity contribution < 1.29 is 4.74 Å². The SMILES string of the molecule is CCN(CCN(C)C(C)(C)C)[C@H](C)c1cccnc1OC. The van der Waals surface area contributed by atoms with E-state index < -0.39 is 0 Å². The predicted molar refractivity (Wildman–Crippen MR) is 88.8 cm³/mol. The van der Waals surface area contributed by atoms with Crippen LogP contribution in [0.4, 0.5) is 0 Å². The highest BCUT2D eigenvalue weighted by molar-refractivity contribution is 5.28. The molecule has 0 saturated heterocycles. The van der Waals surface area contributed by atoms with Gasteiger partial charge >= 0.3 is 0 Å². The third-order valence-corrected chi connectivity index (χ3v) is 4.27. The van der Waals surface area contributed by atoms with Gasteiger partial charge in [-0.2, -0.15) is 0 Å². The maximum absolute atomic E-state index is 5.39. The van der Waals surface area contributed by atoms with Crippen molar-refractivity contribution in [1.82, 2.24) is 14.8 Å². The molecule has 120 valence electrons. The number of ether oxygens (including phenoxy) is 1. The van der Waals surface area contributed by atoms with Gasteiger partial charge in [-0.05, 0) is 47.4 Å². The normalized spacial score (nSPS) is 13.8. The summed E-state index contributed by atoms with van der Waals surface area (Å²) >= 11 is 0. The molecule has 0 aliphatic carbocycles. The standard InChI is InChI=1S/C17H31N3O/c1-8-20(13-12-19(6)17(3,4)5)14(2)15-10-9-11-18-16(15)21-7/h9-11,14H,8,12-13H2,1-7H3/t14-/m1/s1. The third kappa shape index (κ3) is 4.97. The van der Waals surface area contributed by atoms with E-state index >= 15 is 0 Å². The highest BCUT2D eigenvalue weighted by atomic mass is 16.5. The molecule has 0 radical (unpaired) electrons. The topological polar surface area (TPSA) is 28.6 Å². The second-order valence-electron chi connectivity index (χ2n) is 6.50. The van der Waals surface area contributed by atoms with Gasteiger partial charge in [-0.1, -0.05) is 13.0 Å². The van der Waals surface area contributed by atoms with E-state index in [1.807, 2.05) is 6.07 Å². The summed E-state index contributed by atoms with van der Waals surface area (Å²) in [5.41, 5.74) is 1.36. The van der Waals surface area contributed by atoms with E-state index in [4.69, 9.17) is 4.74 Å². The summed E-state index contributed by atoms with van der Waals surface area (Å²) in [6.45, 7) is 14.3. The maximum atomic E-state index is 5.39. The molecule has 21 heavy (non-hydrogen) atoms. The van der Waals surface area contributed by atoms with Crippen molar-refractivity contribution in [1.29, 1.82) is 0 Å². The highest BCUT2D eigenvalue weighted by Gasteiger charge is 2.21. The zero-order valence-corrected chi connectivity index (χ0v) is 14.7. The molecule has 1 aromatic rings. The Morgan fingerprint density at radius 1 is 1.29 bits per heavy atom. The van der Waals surface area contributed by atoms with Crippen LogP contribution in [0.15, 0.2) is 18.3 Å². The Morgan fingerprint density at radius 3 is 2.48 bits per heavy atom. The molecule has 1 aromatic heterocycles. The summed E-state index contributed by atoms with van der Waals surface area (Å²) in [5.74, 6) is 0.729. The van der Waals surface area contributed by atoms with Crippen molar-refractivity contribution in [3.8, 4) is 5.88 Å². The molecule has 0 amide bonds. The molecule has 0 saturated carbocycles. The molecule has 4 heteroatoms. The molecule has 0 aromatic carbocycles. The molecule has 0 aliphatic rings. The van der Waals surface area contributed by atoms with Crippen LogP contribution in [0, 0.1) is 0 Å². The number of rotatable bonds is 7. The van der Waals surface area contributed by atoms with Crippen LogP contribution in [-0.2, 0) is 0 Å². The minimum Gasteiger partial charge on any atom is -0.481 e. The van der Waals surface area contributed by atoms with Crippen LogP contribution < -0.4 is 4.74 Å². The van der Waals surface area contributed by atoms with Gasteiger partial charge in [0.25, 0.3) is 0 Å². The van der Waals surface area contributed by atoms with E-state index in [1.165, 1.54) is 0 Å². The average Bonchev–Trinajstić information content (AvgIpc) is 2.46. The molecule has 0 bridgehead atoms. The van der Waals surface area contributed by atoms with Gasteiger partial charge in [-0.15, -0.1) is 0 Å². The summed E-state index contributed by atoms with van der Waals surface area (Å²) < 4.78 is 5.39. The summed E-state index contributed by atoms with van der Waals surface area (Å²) in [6, 6.07) is 4.38. The number of methoxy groups -OCH3 is 1. The lowest BCUT2D eigenvalue weighted by Crippen LogP contribution is -2.43. The first kappa shape index (κ1) is 17.9. The summed E-state index contributed by atoms with van der Waals surface area (Å²) in [4.78, 5) is 9.16. The first-order valence-electron chi connectivity index (χ1n) is 7.75. The number of hydrogen-bond acceptors (Lipinski definition) is 4. The van der Waals surface area contributed by atoms with Crippen molar-refractivity contribution in [2.45, 2.75) is 46.2 Å². The second kappa shape index (κ2) is 7.76. The molecular weight excluding hydrogens is 262 g/mol. The molecule has 1 heterocycles. The lowest BCUT2D eigenvalue weighted by Gasteiger charge is -2.35. The molecule has 0 unspecified atom stereocenters. The fourth-order valence-electron chi connectivity index (χ4n) is 2.33. The van der Waals surface area contributed by atoms with Gasteiger partial charge < -0.3 is 9.64 Å². The monoisotopic (exact) mass is 293 g/mol. The van der Waals surface area contributed by atoms with Crippen LogP contribution in [0.3, 0.4) is 0 Å². The number of likely N-dealkylation sites (N-methyl/N-ethyl adjacent to an activating group) is 2. The van der Waals surface area contributed by atoms with Crippen molar-refractivity contribution in [2.24, 2.45) is 0 Å². The Morgan fingerprint density at radius 2 is 1.95 bits per heavy atom. The molecule has 4 nitrogen and oxygen atoms in total. The molecule has 1 atom stereocenters. The molecule has 0 N–H and O–H groups in total. The molecule has 0 fully saturated rings. The van der Waals surface area contributed by atoms with Crippen LogP contribution in [-0.4, -0.2) is 54.1 Å². The molecule has 0 spiro atoms. The van der Waals surface area contributed by atoms with Crippen LogP contribution >= 0.6 is 0 Å². The van der Waals surface area contributed by atoms with E-state index in [9.17, 15) is 0 Å². The van der Waals surface area contributed by atoms with Crippen LogP contribution in [0.5, 0.6) is 5.88 Å². The Bertz CT molecular complexity index is 428. The number of pyridine rings is 1. The Labute approximate surface area is 130 Å². The molecular formula is C17H31N3O. The van der Waals surface area contributed by atoms with Gasteiger partial charge in [0.05, 0.1) is 7.11 Å². The van der Waals surface area contributed by atoms with E-state index in [-0.39, 0.29) is 5.54 Å². The van der Waals surface area contributed by atoms with Crippen LogP contribution in [0.2, 0.25) is 0 Å². The second-order valence-corrected chi connectivity index (χ2v) is 6.50. The first-order valence-corrected chi connectivity index (χ1v) is 7.75. The molecule has 0 aliphatic heterocycles. The average molecular weight is 293 g/mol. The van der Waals surface area contributed by atoms with Gasteiger partial charge in [0, 0.05) is 36.4 Å². The minimum absolute atomic E-state index is 0.203. The van der Waals surface area contributed by atoms with Crippen LogP contribution in [0.1, 0.15) is 46.2 Å². The van der Waals surface area contributed by atoms with Crippen molar-refractivity contribution in [2.75, 3.05) is 33.8 Å². The quantitative estimate of drug-likeness (QED) is 0.772. The number of hydrogen-bond donors (Lipinski definition) is 0. The molecule has 1 rings (SSSR count). The summed E-state index contributed by atoms with van der Waals surface area (Å²) in [6.07, 6.45) is 1.78. The third-order valence-electron chi connectivity index (χ3n) is 4.27. The van der Waals surface area contributed by atoms with Gasteiger partial charge in [-0.25, -0.2) is 4.98 Å². The van der Waals surface area contributed by atoms with E-state index in [0.29, 0.717) is 6.04 Å². The van der Waals surface area contributed by atoms with E-state index in [0.717, 1.165) is 31.1 Å². The van der Waals surface area contributed by atoms with Crippen molar-refractivity contribution >= 4 is 0 Å². The minimum atomic E-state index is 0.203. The lowest BCUT2D eigenvalue weighted by atomic mass is 10.1. The Balaban J connectivity index is 2.75. The van der Waals surface area contributed by atoms with Gasteiger partial charge in [0.2, 0.25) is 5.88 Å². The number of nitrogens with zero attached hydrogens (tertiary/aromatic N) is 3. The first-order chi connectivity index (χ1) is 9.81. The highest BCUT2D eigenvalue weighted by Crippen LogP contribution is 2.26. The van der Waals surface area contributed by atoms with Gasteiger partial charge in [-0.3, -0.25) is 4.90 Å². The lowest BCUT2D eigenvalue weighted by molar-refractivity contribution is 0.130. The summed E-state index contributed by atoms with van der Waals surface area (Å²) in [7, 11) is 3.87. The van der Waals surface area contributed by atoms with Crippen LogP contribution in [0.25, 0.3) is 0 Å². The fourth-order valence-corrected chi connectivity index (χ4v) is 2.33. The zero-order valence-electron chi connectivity index (χ0n) is 14.7. The van der Waals surface area contributed by atoms with Crippen molar-refractivity contribution in [3.05, 3.63) is 23.9 Å². The smallest absolute Gasteiger partial charge is 0.217 e.